The van der Waals surface area contributed by atoms with Crippen LogP contribution in [0.2, 0.25) is 0 Å². The summed E-state index contributed by atoms with van der Waals surface area (Å²) in [4.78, 5) is 14.2. The monoisotopic (exact) mass is 251 g/mol. The van der Waals surface area contributed by atoms with Crippen LogP contribution in [-0.2, 0) is 5.41 Å². The zero-order valence-electron chi connectivity index (χ0n) is 10.4. The number of hydrogen-bond donors (Lipinski definition) is 0. The lowest BCUT2D eigenvalue weighted by Gasteiger charge is -2.39. The van der Waals surface area contributed by atoms with Gasteiger partial charge >= 0.3 is 0 Å². The number of nitrogens with zero attached hydrogens (tertiary/aromatic N) is 1. The van der Waals surface area contributed by atoms with Gasteiger partial charge in [0.15, 0.2) is 0 Å². The quantitative estimate of drug-likeness (QED) is 0.757. The third-order valence-corrected chi connectivity index (χ3v) is 3.59. The van der Waals surface area contributed by atoms with Crippen LogP contribution in [0.25, 0.3) is 0 Å². The Labute approximate surface area is 108 Å². The van der Waals surface area contributed by atoms with E-state index in [9.17, 15) is 4.79 Å². The number of rotatable bonds is 3. The van der Waals surface area contributed by atoms with Gasteiger partial charge in [-0.3, -0.25) is 4.79 Å². The Bertz CT molecular complexity index is 428. The van der Waals surface area contributed by atoms with Crippen LogP contribution in [0.5, 0.6) is 0 Å². The van der Waals surface area contributed by atoms with Gasteiger partial charge in [0, 0.05) is 29.9 Å². The lowest BCUT2D eigenvalue weighted by molar-refractivity contribution is 0.0689. The molecule has 0 fully saturated rings. The number of halogens is 1. The van der Waals surface area contributed by atoms with E-state index in [1.807, 2.05) is 23.1 Å². The van der Waals surface area contributed by atoms with Gasteiger partial charge in [0.2, 0.25) is 0 Å². The van der Waals surface area contributed by atoms with Crippen LogP contribution in [0.3, 0.4) is 0 Å². The van der Waals surface area contributed by atoms with Gasteiger partial charge in [0.05, 0.1) is 0 Å². The Morgan fingerprint density at radius 2 is 2.06 bits per heavy atom. The second kappa shape index (κ2) is 4.69. The number of carbonyl (C=O) groups is 1. The normalized spacial score (nSPS) is 18.1. The molecule has 0 unspecified atom stereocenters. The first-order chi connectivity index (χ1) is 8.06. The molecule has 92 valence electrons. The molecule has 1 amide bonds. The Balaban J connectivity index is 2.34. The van der Waals surface area contributed by atoms with Crippen molar-refractivity contribution in [3.8, 4) is 0 Å². The molecule has 1 heterocycles. The van der Waals surface area contributed by atoms with Gasteiger partial charge in [-0.05, 0) is 18.1 Å². The highest BCUT2D eigenvalue weighted by molar-refractivity contribution is 6.17. The SMILES string of the molecule is CC1(C)CN(CCCCl)C(=O)c2ccccc21. The van der Waals surface area contributed by atoms with Gasteiger partial charge in [0.1, 0.15) is 0 Å². The van der Waals surface area contributed by atoms with Crippen LogP contribution < -0.4 is 0 Å². The molecule has 0 spiro atoms. The molecular formula is C14H18ClNO. The molecule has 1 aliphatic rings. The summed E-state index contributed by atoms with van der Waals surface area (Å²) in [6, 6.07) is 7.92. The largest absolute Gasteiger partial charge is 0.338 e. The molecule has 2 rings (SSSR count). The Hall–Kier alpha value is -1.02. The molecule has 3 heteroatoms. The summed E-state index contributed by atoms with van der Waals surface area (Å²) in [5, 5.41) is 0. The van der Waals surface area contributed by atoms with E-state index < -0.39 is 0 Å². The first-order valence-electron chi connectivity index (χ1n) is 6.01. The number of amides is 1. The van der Waals surface area contributed by atoms with Crippen LogP contribution in [0, 0.1) is 0 Å². The van der Waals surface area contributed by atoms with Crippen molar-refractivity contribution in [2.75, 3.05) is 19.0 Å². The summed E-state index contributed by atoms with van der Waals surface area (Å²) in [6.07, 6.45) is 0.853. The second-order valence-electron chi connectivity index (χ2n) is 5.20. The Morgan fingerprint density at radius 1 is 1.35 bits per heavy atom. The van der Waals surface area contributed by atoms with E-state index in [-0.39, 0.29) is 11.3 Å². The molecule has 17 heavy (non-hydrogen) atoms. The first kappa shape index (κ1) is 12.4. The number of fused-ring (bicyclic) bond motifs is 1. The molecule has 0 aromatic heterocycles. The second-order valence-corrected chi connectivity index (χ2v) is 5.58. The van der Waals surface area contributed by atoms with Crippen molar-refractivity contribution in [1.29, 1.82) is 0 Å². The van der Waals surface area contributed by atoms with Crippen molar-refractivity contribution in [1.82, 2.24) is 4.90 Å². The van der Waals surface area contributed by atoms with E-state index in [1.54, 1.807) is 0 Å². The molecule has 0 saturated carbocycles. The van der Waals surface area contributed by atoms with Crippen molar-refractivity contribution in [2.24, 2.45) is 0 Å². The number of alkyl halides is 1. The maximum atomic E-state index is 12.3. The summed E-state index contributed by atoms with van der Waals surface area (Å²) in [6.45, 7) is 5.90. The highest BCUT2D eigenvalue weighted by Gasteiger charge is 2.35. The van der Waals surface area contributed by atoms with Crippen LogP contribution in [-0.4, -0.2) is 29.8 Å². The highest BCUT2D eigenvalue weighted by atomic mass is 35.5. The van der Waals surface area contributed by atoms with E-state index in [4.69, 9.17) is 11.6 Å². The van der Waals surface area contributed by atoms with Crippen molar-refractivity contribution in [3.63, 3.8) is 0 Å². The predicted octanol–water partition coefficient (Wildman–Crippen LogP) is 3.05. The molecule has 0 saturated heterocycles. The summed E-state index contributed by atoms with van der Waals surface area (Å²) in [5.41, 5.74) is 2.03. The number of benzene rings is 1. The smallest absolute Gasteiger partial charge is 0.254 e. The molecule has 1 aromatic carbocycles. The van der Waals surface area contributed by atoms with Crippen LogP contribution in [0.15, 0.2) is 24.3 Å². The maximum Gasteiger partial charge on any atom is 0.254 e. The van der Waals surface area contributed by atoms with Crippen LogP contribution in [0.4, 0.5) is 0 Å². The van der Waals surface area contributed by atoms with Gasteiger partial charge in [0.25, 0.3) is 5.91 Å². The van der Waals surface area contributed by atoms with Crippen LogP contribution in [0.1, 0.15) is 36.2 Å². The molecule has 0 N–H and O–H groups in total. The molecule has 0 aliphatic carbocycles. The number of hydrogen-bond acceptors (Lipinski definition) is 1. The Kier molecular flexibility index (Phi) is 3.43. The number of carbonyl (C=O) groups excluding carboxylic acids is 1. The maximum absolute atomic E-state index is 12.3. The van der Waals surface area contributed by atoms with Crippen LogP contribution >= 0.6 is 11.6 Å². The molecule has 0 bridgehead atoms. The fourth-order valence-electron chi connectivity index (χ4n) is 2.50. The van der Waals surface area contributed by atoms with Gasteiger partial charge < -0.3 is 4.90 Å². The molecule has 0 atom stereocenters. The standard InChI is InChI=1S/C14H18ClNO/c1-14(2)10-16(9-5-8-15)13(17)11-6-3-4-7-12(11)14/h3-4,6-7H,5,8-10H2,1-2H3. The zero-order chi connectivity index (χ0) is 12.5. The van der Waals surface area contributed by atoms with E-state index >= 15 is 0 Å². The fourth-order valence-corrected chi connectivity index (χ4v) is 2.61. The summed E-state index contributed by atoms with van der Waals surface area (Å²) in [7, 11) is 0. The average Bonchev–Trinajstić information content (AvgIpc) is 2.32. The van der Waals surface area contributed by atoms with Crippen molar-refractivity contribution in [3.05, 3.63) is 35.4 Å². The summed E-state index contributed by atoms with van der Waals surface area (Å²) < 4.78 is 0. The molecule has 1 aromatic rings. The van der Waals surface area contributed by atoms with Gasteiger partial charge in [-0.25, -0.2) is 0 Å². The van der Waals surface area contributed by atoms with E-state index in [0.717, 1.165) is 30.6 Å². The zero-order valence-corrected chi connectivity index (χ0v) is 11.1. The summed E-state index contributed by atoms with van der Waals surface area (Å²) in [5.74, 6) is 0.747. The van der Waals surface area contributed by atoms with E-state index in [2.05, 4.69) is 19.9 Å². The first-order valence-corrected chi connectivity index (χ1v) is 6.54. The summed E-state index contributed by atoms with van der Waals surface area (Å²) >= 11 is 5.70. The van der Waals surface area contributed by atoms with Crippen molar-refractivity contribution < 1.29 is 4.79 Å². The minimum Gasteiger partial charge on any atom is -0.338 e. The highest BCUT2D eigenvalue weighted by Crippen LogP contribution is 2.32. The molecule has 1 aliphatic heterocycles. The molecule has 2 nitrogen and oxygen atoms in total. The van der Waals surface area contributed by atoms with Gasteiger partial charge in [-0.2, -0.15) is 0 Å². The predicted molar refractivity (Wildman–Crippen MR) is 70.7 cm³/mol. The third kappa shape index (κ3) is 2.32. The minimum atomic E-state index is 0.0246. The van der Waals surface area contributed by atoms with Gasteiger partial charge in [-0.1, -0.05) is 32.0 Å². The third-order valence-electron chi connectivity index (χ3n) is 3.32. The fraction of sp³-hybridized carbons (Fsp3) is 0.500. The molecular weight excluding hydrogens is 234 g/mol. The van der Waals surface area contributed by atoms with Crippen molar-refractivity contribution in [2.45, 2.75) is 25.7 Å². The average molecular weight is 252 g/mol. The van der Waals surface area contributed by atoms with Crippen molar-refractivity contribution >= 4 is 17.5 Å². The van der Waals surface area contributed by atoms with E-state index in [0.29, 0.717) is 5.88 Å². The topological polar surface area (TPSA) is 20.3 Å². The lowest BCUT2D eigenvalue weighted by Crippen LogP contribution is -2.47. The lowest BCUT2D eigenvalue weighted by atomic mass is 9.78. The van der Waals surface area contributed by atoms with Gasteiger partial charge in [-0.15, -0.1) is 11.6 Å². The van der Waals surface area contributed by atoms with E-state index in [1.165, 1.54) is 0 Å². The Morgan fingerprint density at radius 3 is 2.76 bits per heavy atom. The molecule has 0 radical (unpaired) electrons. The minimum absolute atomic E-state index is 0.0246.